The summed E-state index contributed by atoms with van der Waals surface area (Å²) in [5.41, 5.74) is 2.11. The van der Waals surface area contributed by atoms with Crippen molar-refractivity contribution < 1.29 is 17.9 Å². The SMILES string of the molecule is COc1ccc(C=C(c2nc3ccccc3[nH]2)S(=O)(=O)c2ccccc2)cc1OCC(C)C. The molecule has 170 valence electrons. The molecule has 33 heavy (non-hydrogen) atoms. The number of aromatic nitrogens is 2. The number of H-pyrrole nitrogens is 1. The highest BCUT2D eigenvalue weighted by Gasteiger charge is 2.25. The van der Waals surface area contributed by atoms with Crippen LogP contribution in [0.15, 0.2) is 77.7 Å². The Morgan fingerprint density at radius 3 is 2.42 bits per heavy atom. The van der Waals surface area contributed by atoms with E-state index in [1.165, 1.54) is 0 Å². The molecule has 4 aromatic rings. The average molecular weight is 463 g/mol. The van der Waals surface area contributed by atoms with Gasteiger partial charge in [-0.25, -0.2) is 13.4 Å². The Bertz CT molecular complexity index is 1360. The number of sulfone groups is 1. The molecule has 1 N–H and O–H groups in total. The van der Waals surface area contributed by atoms with Gasteiger partial charge in [0.05, 0.1) is 29.6 Å². The first kappa shape index (κ1) is 22.6. The Morgan fingerprint density at radius 2 is 1.73 bits per heavy atom. The van der Waals surface area contributed by atoms with Crippen molar-refractivity contribution in [3.8, 4) is 11.5 Å². The number of methoxy groups -OCH3 is 1. The van der Waals surface area contributed by atoms with Gasteiger partial charge in [0.15, 0.2) is 11.5 Å². The summed E-state index contributed by atoms with van der Waals surface area (Å²) in [6, 6.07) is 21.1. The third-order valence-electron chi connectivity index (χ3n) is 5.02. The summed E-state index contributed by atoms with van der Waals surface area (Å²) < 4.78 is 38.6. The molecule has 0 saturated heterocycles. The minimum absolute atomic E-state index is 0.0740. The van der Waals surface area contributed by atoms with Gasteiger partial charge in [0, 0.05) is 0 Å². The highest BCUT2D eigenvalue weighted by Crippen LogP contribution is 2.33. The molecule has 0 aliphatic rings. The van der Waals surface area contributed by atoms with Crippen LogP contribution >= 0.6 is 0 Å². The summed E-state index contributed by atoms with van der Waals surface area (Å²) in [5, 5.41) is 0. The Hall–Kier alpha value is -3.58. The second-order valence-electron chi connectivity index (χ2n) is 8.04. The molecule has 0 fully saturated rings. The summed E-state index contributed by atoms with van der Waals surface area (Å²) in [6.45, 7) is 4.63. The van der Waals surface area contributed by atoms with Crippen molar-refractivity contribution >= 4 is 31.9 Å². The normalized spacial score (nSPS) is 12.3. The van der Waals surface area contributed by atoms with Crippen LogP contribution in [0.25, 0.3) is 22.0 Å². The highest BCUT2D eigenvalue weighted by molar-refractivity contribution is 8.00. The van der Waals surface area contributed by atoms with Crippen LogP contribution < -0.4 is 9.47 Å². The maximum atomic E-state index is 13.7. The molecular formula is C26H26N2O4S. The fourth-order valence-electron chi connectivity index (χ4n) is 3.37. The molecule has 0 bridgehead atoms. The summed E-state index contributed by atoms with van der Waals surface area (Å²) in [5.74, 6) is 1.75. The molecule has 0 atom stereocenters. The third-order valence-corrected chi connectivity index (χ3v) is 6.81. The van der Waals surface area contributed by atoms with E-state index in [0.29, 0.717) is 35.1 Å². The number of nitrogens with zero attached hydrogens (tertiary/aromatic N) is 1. The van der Waals surface area contributed by atoms with Crippen molar-refractivity contribution in [3.05, 3.63) is 84.2 Å². The monoisotopic (exact) mass is 462 g/mol. The Labute approximate surface area is 193 Å². The maximum Gasteiger partial charge on any atom is 0.210 e. The Kier molecular flexibility index (Phi) is 6.51. The van der Waals surface area contributed by atoms with Gasteiger partial charge in [0.25, 0.3) is 0 Å². The van der Waals surface area contributed by atoms with Gasteiger partial charge < -0.3 is 14.5 Å². The van der Waals surface area contributed by atoms with Crippen molar-refractivity contribution in [2.75, 3.05) is 13.7 Å². The largest absolute Gasteiger partial charge is 0.493 e. The lowest BCUT2D eigenvalue weighted by Gasteiger charge is -2.13. The lowest BCUT2D eigenvalue weighted by atomic mass is 10.2. The van der Waals surface area contributed by atoms with Gasteiger partial charge in [-0.15, -0.1) is 0 Å². The Morgan fingerprint density at radius 1 is 1.00 bits per heavy atom. The quantitative estimate of drug-likeness (QED) is 0.370. The molecule has 1 aromatic heterocycles. The summed E-state index contributed by atoms with van der Waals surface area (Å²) in [6.07, 6.45) is 1.61. The molecule has 0 unspecified atom stereocenters. The number of fused-ring (bicyclic) bond motifs is 1. The van der Waals surface area contributed by atoms with Gasteiger partial charge in [-0.3, -0.25) is 0 Å². The van der Waals surface area contributed by atoms with E-state index in [1.807, 2.05) is 24.3 Å². The van der Waals surface area contributed by atoms with Crippen molar-refractivity contribution in [2.24, 2.45) is 5.92 Å². The van der Waals surface area contributed by atoms with Crippen molar-refractivity contribution in [1.29, 1.82) is 0 Å². The van der Waals surface area contributed by atoms with Gasteiger partial charge in [-0.2, -0.15) is 0 Å². The number of hydrogen-bond acceptors (Lipinski definition) is 5. The minimum Gasteiger partial charge on any atom is -0.493 e. The maximum absolute atomic E-state index is 13.7. The van der Waals surface area contributed by atoms with Crippen LogP contribution in [0, 0.1) is 5.92 Å². The van der Waals surface area contributed by atoms with Crippen LogP contribution in [0.2, 0.25) is 0 Å². The van der Waals surface area contributed by atoms with Crippen molar-refractivity contribution in [1.82, 2.24) is 9.97 Å². The molecule has 1 heterocycles. The van der Waals surface area contributed by atoms with Gasteiger partial charge in [0.2, 0.25) is 9.84 Å². The molecule has 4 rings (SSSR count). The molecule has 0 aliphatic carbocycles. The lowest BCUT2D eigenvalue weighted by molar-refractivity contribution is 0.257. The van der Waals surface area contributed by atoms with Crippen LogP contribution in [-0.4, -0.2) is 32.1 Å². The number of para-hydroxylation sites is 2. The standard InChI is InChI=1S/C26H26N2O4S/c1-18(2)17-32-24-15-19(13-14-23(24)31-3)16-25(33(29,30)20-9-5-4-6-10-20)26-27-21-11-7-8-12-22(21)28-26/h4-16,18H,17H2,1-3H3,(H,27,28). The topological polar surface area (TPSA) is 81.3 Å². The zero-order valence-electron chi connectivity index (χ0n) is 18.8. The zero-order chi connectivity index (χ0) is 23.4. The fraction of sp³-hybridized carbons (Fsp3) is 0.192. The van der Waals surface area contributed by atoms with Crippen LogP contribution in [0.5, 0.6) is 11.5 Å². The molecule has 3 aromatic carbocycles. The van der Waals surface area contributed by atoms with E-state index in [9.17, 15) is 8.42 Å². The number of rotatable bonds is 8. The molecule has 0 radical (unpaired) electrons. The number of ether oxygens (including phenoxy) is 2. The molecule has 7 heteroatoms. The molecular weight excluding hydrogens is 436 g/mol. The van der Waals surface area contributed by atoms with E-state index >= 15 is 0 Å². The second-order valence-corrected chi connectivity index (χ2v) is 9.96. The predicted molar refractivity (Wildman–Crippen MR) is 131 cm³/mol. The second kappa shape index (κ2) is 9.50. The number of nitrogens with one attached hydrogen (secondary N) is 1. The van der Waals surface area contributed by atoms with E-state index in [2.05, 4.69) is 23.8 Å². The van der Waals surface area contributed by atoms with Crippen LogP contribution in [0.3, 0.4) is 0 Å². The number of imidazole rings is 1. The van der Waals surface area contributed by atoms with Crippen LogP contribution in [-0.2, 0) is 9.84 Å². The highest BCUT2D eigenvalue weighted by atomic mass is 32.2. The number of benzene rings is 3. The van der Waals surface area contributed by atoms with Crippen LogP contribution in [0.4, 0.5) is 0 Å². The van der Waals surface area contributed by atoms with Crippen molar-refractivity contribution in [2.45, 2.75) is 18.7 Å². The molecule has 0 amide bonds. The fourth-order valence-corrected chi connectivity index (χ4v) is 4.78. The van der Waals surface area contributed by atoms with Gasteiger partial charge >= 0.3 is 0 Å². The summed E-state index contributed by atoms with van der Waals surface area (Å²) in [4.78, 5) is 7.98. The van der Waals surface area contributed by atoms with E-state index in [0.717, 1.165) is 5.52 Å². The molecule has 0 saturated carbocycles. The van der Waals surface area contributed by atoms with Crippen LogP contribution in [0.1, 0.15) is 25.2 Å². The molecule has 0 spiro atoms. The first-order valence-corrected chi connectivity index (χ1v) is 12.1. The first-order valence-electron chi connectivity index (χ1n) is 10.7. The summed E-state index contributed by atoms with van der Waals surface area (Å²) in [7, 11) is -2.28. The van der Waals surface area contributed by atoms with E-state index in [-0.39, 0.29) is 15.6 Å². The van der Waals surface area contributed by atoms with Gasteiger partial charge in [-0.1, -0.05) is 50.2 Å². The smallest absolute Gasteiger partial charge is 0.210 e. The van der Waals surface area contributed by atoms with Gasteiger partial charge in [-0.05, 0) is 54.0 Å². The minimum atomic E-state index is -3.86. The lowest BCUT2D eigenvalue weighted by Crippen LogP contribution is -2.06. The Balaban J connectivity index is 1.87. The van der Waals surface area contributed by atoms with Gasteiger partial charge in [0.1, 0.15) is 10.7 Å². The van der Waals surface area contributed by atoms with Crippen molar-refractivity contribution in [3.63, 3.8) is 0 Å². The van der Waals surface area contributed by atoms with E-state index < -0.39 is 9.84 Å². The summed E-state index contributed by atoms with van der Waals surface area (Å²) >= 11 is 0. The van der Waals surface area contributed by atoms with E-state index in [1.54, 1.807) is 61.7 Å². The number of hydrogen-bond donors (Lipinski definition) is 1. The predicted octanol–water partition coefficient (Wildman–Crippen LogP) is 5.58. The zero-order valence-corrected chi connectivity index (χ0v) is 19.6. The number of aromatic amines is 1. The van der Waals surface area contributed by atoms with E-state index in [4.69, 9.17) is 9.47 Å². The molecule has 0 aliphatic heterocycles. The first-order chi connectivity index (χ1) is 15.9. The third kappa shape index (κ3) is 4.93. The average Bonchev–Trinajstić information content (AvgIpc) is 3.25. The molecule has 6 nitrogen and oxygen atoms in total.